The highest BCUT2D eigenvalue weighted by molar-refractivity contribution is 6.32. The SMILES string of the molecule is C=Cc1ccc(COc2cc3oc(=O)cc(C)c3cc2Cl)cc1. The molecule has 4 heteroatoms. The van der Waals surface area contributed by atoms with Gasteiger partial charge in [0.2, 0.25) is 0 Å². The molecule has 1 heterocycles. The molecule has 0 atom stereocenters. The maximum Gasteiger partial charge on any atom is 0.336 e. The Morgan fingerprint density at radius 3 is 2.65 bits per heavy atom. The molecule has 1 aromatic heterocycles. The van der Waals surface area contributed by atoms with Gasteiger partial charge in [0.25, 0.3) is 0 Å². The smallest absolute Gasteiger partial charge is 0.336 e. The summed E-state index contributed by atoms with van der Waals surface area (Å²) in [5.74, 6) is 0.487. The van der Waals surface area contributed by atoms with E-state index in [4.69, 9.17) is 20.8 Å². The van der Waals surface area contributed by atoms with Crippen LogP contribution in [0.2, 0.25) is 5.02 Å². The van der Waals surface area contributed by atoms with Crippen molar-refractivity contribution >= 4 is 28.6 Å². The molecule has 0 aliphatic carbocycles. The first-order valence-corrected chi connectivity index (χ1v) is 7.53. The van der Waals surface area contributed by atoms with E-state index in [0.717, 1.165) is 22.1 Å². The molecule has 0 saturated carbocycles. The van der Waals surface area contributed by atoms with E-state index in [2.05, 4.69) is 6.58 Å². The zero-order valence-electron chi connectivity index (χ0n) is 12.6. The van der Waals surface area contributed by atoms with E-state index in [1.165, 1.54) is 6.07 Å². The van der Waals surface area contributed by atoms with Crippen LogP contribution in [-0.4, -0.2) is 0 Å². The Hall–Kier alpha value is -2.52. The normalized spacial score (nSPS) is 10.7. The molecule has 0 unspecified atom stereocenters. The van der Waals surface area contributed by atoms with Crippen molar-refractivity contribution < 1.29 is 9.15 Å². The number of benzene rings is 2. The van der Waals surface area contributed by atoms with Gasteiger partial charge in [-0.1, -0.05) is 48.5 Å². The second kappa shape index (κ2) is 6.31. The molecule has 0 radical (unpaired) electrons. The van der Waals surface area contributed by atoms with Crippen LogP contribution in [0.1, 0.15) is 16.7 Å². The zero-order chi connectivity index (χ0) is 16.4. The third-order valence-electron chi connectivity index (χ3n) is 3.61. The molecule has 0 saturated heterocycles. The molecule has 0 fully saturated rings. The van der Waals surface area contributed by atoms with Gasteiger partial charge in [-0.05, 0) is 29.7 Å². The van der Waals surface area contributed by atoms with E-state index >= 15 is 0 Å². The summed E-state index contributed by atoms with van der Waals surface area (Å²) in [6, 6.07) is 12.7. The molecule has 0 amide bonds. The first kappa shape index (κ1) is 15.4. The fraction of sp³-hybridized carbons (Fsp3) is 0.105. The Bertz CT molecular complexity index is 924. The van der Waals surface area contributed by atoms with Crippen molar-refractivity contribution in [1.82, 2.24) is 0 Å². The minimum atomic E-state index is -0.386. The molecule has 116 valence electrons. The van der Waals surface area contributed by atoms with E-state index in [0.29, 0.717) is 23.0 Å². The largest absolute Gasteiger partial charge is 0.487 e. The molecule has 2 aromatic carbocycles. The molecule has 3 aromatic rings. The third kappa shape index (κ3) is 3.30. The van der Waals surface area contributed by atoms with Gasteiger partial charge in [0.15, 0.2) is 0 Å². The molecular formula is C19H15ClO3. The summed E-state index contributed by atoms with van der Waals surface area (Å²) in [6.07, 6.45) is 1.79. The molecule has 3 nitrogen and oxygen atoms in total. The quantitative estimate of drug-likeness (QED) is 0.635. The average molecular weight is 327 g/mol. The molecule has 0 spiro atoms. The van der Waals surface area contributed by atoms with E-state index in [1.54, 1.807) is 18.2 Å². The van der Waals surface area contributed by atoms with Crippen LogP contribution in [0.25, 0.3) is 17.0 Å². The minimum Gasteiger partial charge on any atom is -0.487 e. The summed E-state index contributed by atoms with van der Waals surface area (Å²) >= 11 is 6.27. The van der Waals surface area contributed by atoms with Gasteiger partial charge in [-0.25, -0.2) is 4.79 Å². The lowest BCUT2D eigenvalue weighted by Crippen LogP contribution is -2.00. The van der Waals surface area contributed by atoms with Crippen molar-refractivity contribution in [3.8, 4) is 5.75 Å². The number of fused-ring (bicyclic) bond motifs is 1. The van der Waals surface area contributed by atoms with E-state index < -0.39 is 0 Å². The average Bonchev–Trinajstić information content (AvgIpc) is 2.54. The van der Waals surface area contributed by atoms with Crippen molar-refractivity contribution in [3.05, 3.63) is 81.2 Å². The van der Waals surface area contributed by atoms with Crippen molar-refractivity contribution in [1.29, 1.82) is 0 Å². The van der Waals surface area contributed by atoms with Crippen molar-refractivity contribution in [2.24, 2.45) is 0 Å². The standard InChI is InChI=1S/C19H15ClO3/c1-3-13-4-6-14(7-5-13)11-22-18-10-17-15(9-16(18)20)12(2)8-19(21)23-17/h3-10H,1,11H2,2H3. The summed E-state index contributed by atoms with van der Waals surface area (Å²) in [6.45, 7) is 5.94. The van der Waals surface area contributed by atoms with Crippen molar-refractivity contribution in [2.75, 3.05) is 0 Å². The summed E-state index contributed by atoms with van der Waals surface area (Å²) in [4.78, 5) is 11.5. The summed E-state index contributed by atoms with van der Waals surface area (Å²) in [5.41, 5.74) is 2.97. The molecular weight excluding hydrogens is 312 g/mol. The summed E-state index contributed by atoms with van der Waals surface area (Å²) < 4.78 is 11.0. The van der Waals surface area contributed by atoms with Gasteiger partial charge in [-0.15, -0.1) is 0 Å². The van der Waals surface area contributed by atoms with Crippen LogP contribution in [0.5, 0.6) is 5.75 Å². The highest BCUT2D eigenvalue weighted by Crippen LogP contribution is 2.31. The highest BCUT2D eigenvalue weighted by atomic mass is 35.5. The van der Waals surface area contributed by atoms with E-state index in [1.807, 2.05) is 31.2 Å². The van der Waals surface area contributed by atoms with Gasteiger partial charge in [0.1, 0.15) is 17.9 Å². The topological polar surface area (TPSA) is 39.4 Å². The van der Waals surface area contributed by atoms with Crippen molar-refractivity contribution in [3.63, 3.8) is 0 Å². The summed E-state index contributed by atoms with van der Waals surface area (Å²) in [7, 11) is 0. The van der Waals surface area contributed by atoms with Crippen LogP contribution < -0.4 is 10.4 Å². The Labute approximate surface area is 138 Å². The predicted molar refractivity (Wildman–Crippen MR) is 93.1 cm³/mol. The van der Waals surface area contributed by atoms with Gasteiger partial charge in [0, 0.05) is 17.5 Å². The van der Waals surface area contributed by atoms with E-state index in [9.17, 15) is 4.79 Å². The summed E-state index contributed by atoms with van der Waals surface area (Å²) in [5, 5.41) is 1.29. The number of hydrogen-bond donors (Lipinski definition) is 0. The lowest BCUT2D eigenvalue weighted by Gasteiger charge is -2.10. The fourth-order valence-corrected chi connectivity index (χ4v) is 2.56. The van der Waals surface area contributed by atoms with Crippen molar-refractivity contribution in [2.45, 2.75) is 13.5 Å². The molecule has 0 bridgehead atoms. The second-order valence-electron chi connectivity index (χ2n) is 5.26. The number of ether oxygens (including phenoxy) is 1. The monoisotopic (exact) mass is 326 g/mol. The molecule has 3 rings (SSSR count). The zero-order valence-corrected chi connectivity index (χ0v) is 13.4. The van der Waals surface area contributed by atoms with E-state index in [-0.39, 0.29) is 5.63 Å². The highest BCUT2D eigenvalue weighted by Gasteiger charge is 2.09. The number of halogens is 1. The Morgan fingerprint density at radius 2 is 1.96 bits per heavy atom. The first-order valence-electron chi connectivity index (χ1n) is 7.15. The van der Waals surface area contributed by atoms with Gasteiger partial charge in [0.05, 0.1) is 5.02 Å². The fourth-order valence-electron chi connectivity index (χ4n) is 2.34. The predicted octanol–water partition coefficient (Wildman–Crippen LogP) is 4.98. The third-order valence-corrected chi connectivity index (χ3v) is 3.91. The molecule has 0 aliphatic rings. The second-order valence-corrected chi connectivity index (χ2v) is 5.67. The number of hydrogen-bond acceptors (Lipinski definition) is 3. The van der Waals surface area contributed by atoms with Gasteiger partial charge in [-0.2, -0.15) is 0 Å². The Balaban J connectivity index is 1.88. The Morgan fingerprint density at radius 1 is 1.22 bits per heavy atom. The van der Waals surface area contributed by atoms with Crippen LogP contribution in [-0.2, 0) is 6.61 Å². The van der Waals surface area contributed by atoms with Gasteiger partial charge >= 0.3 is 5.63 Å². The lowest BCUT2D eigenvalue weighted by molar-refractivity contribution is 0.306. The maximum absolute atomic E-state index is 11.5. The Kier molecular flexibility index (Phi) is 4.22. The van der Waals surface area contributed by atoms with Crippen LogP contribution >= 0.6 is 11.6 Å². The van der Waals surface area contributed by atoms with Crippen LogP contribution in [0.3, 0.4) is 0 Å². The minimum absolute atomic E-state index is 0.374. The molecule has 23 heavy (non-hydrogen) atoms. The number of aryl methyl sites for hydroxylation is 1. The van der Waals surface area contributed by atoms with Crippen LogP contribution in [0, 0.1) is 6.92 Å². The maximum atomic E-state index is 11.5. The number of rotatable bonds is 4. The van der Waals surface area contributed by atoms with Crippen LogP contribution in [0.4, 0.5) is 0 Å². The van der Waals surface area contributed by atoms with Gasteiger partial charge < -0.3 is 9.15 Å². The van der Waals surface area contributed by atoms with Crippen LogP contribution in [0.15, 0.2) is 58.3 Å². The molecule has 0 aliphatic heterocycles. The lowest BCUT2D eigenvalue weighted by atomic mass is 10.1. The molecule has 0 N–H and O–H groups in total. The first-order chi connectivity index (χ1) is 11.1. The van der Waals surface area contributed by atoms with Gasteiger partial charge in [-0.3, -0.25) is 0 Å².